The zero-order valence-corrected chi connectivity index (χ0v) is 13.6. The molecule has 2 aliphatic rings. The van der Waals surface area contributed by atoms with E-state index in [0.717, 1.165) is 23.3 Å². The largest absolute Gasteiger partial charge is 0.454 e. The van der Waals surface area contributed by atoms with E-state index in [4.69, 9.17) is 9.47 Å². The molecule has 0 aromatic heterocycles. The molecule has 0 aliphatic carbocycles. The van der Waals surface area contributed by atoms with Gasteiger partial charge in [0.1, 0.15) is 0 Å². The maximum Gasteiger partial charge on any atom is 0.416 e. The van der Waals surface area contributed by atoms with E-state index in [9.17, 15) is 18.0 Å². The molecule has 0 atom stereocenters. The van der Waals surface area contributed by atoms with E-state index in [2.05, 4.69) is 4.99 Å². The summed E-state index contributed by atoms with van der Waals surface area (Å²) in [7, 11) is 0. The summed E-state index contributed by atoms with van der Waals surface area (Å²) in [5.41, 5.74) is 1.54. The maximum atomic E-state index is 12.9. The lowest BCUT2D eigenvalue weighted by molar-refractivity contribution is -0.137. The number of Topliss-reactive ketones (excluding diaryl/α,β-unsaturated/α-hetero) is 1. The number of rotatable bonds is 3. The van der Waals surface area contributed by atoms with Gasteiger partial charge in [-0.1, -0.05) is 12.1 Å². The minimum Gasteiger partial charge on any atom is -0.454 e. The predicted molar refractivity (Wildman–Crippen MR) is 88.1 cm³/mol. The summed E-state index contributed by atoms with van der Waals surface area (Å²) in [5.74, 6) is 0.847. The van der Waals surface area contributed by atoms with Crippen LogP contribution in [0.5, 0.6) is 11.5 Å². The smallest absolute Gasteiger partial charge is 0.416 e. The first kappa shape index (κ1) is 16.6. The van der Waals surface area contributed by atoms with Gasteiger partial charge in [0.2, 0.25) is 6.79 Å². The summed E-state index contributed by atoms with van der Waals surface area (Å²) in [6.07, 6.45) is -3.83. The van der Waals surface area contributed by atoms with Gasteiger partial charge < -0.3 is 9.47 Å². The fourth-order valence-electron chi connectivity index (χ4n) is 3.13. The quantitative estimate of drug-likeness (QED) is 0.775. The van der Waals surface area contributed by atoms with E-state index >= 15 is 0 Å². The number of nitrogens with zero attached hydrogens (tertiary/aromatic N) is 1. The number of ketones is 1. The summed E-state index contributed by atoms with van der Waals surface area (Å²) >= 11 is 0. The molecule has 0 fully saturated rings. The van der Waals surface area contributed by atoms with Gasteiger partial charge in [-0.2, -0.15) is 13.2 Å². The topological polar surface area (TPSA) is 47.9 Å². The van der Waals surface area contributed by atoms with Crippen molar-refractivity contribution in [3.8, 4) is 11.5 Å². The molecule has 4 nitrogen and oxygen atoms in total. The highest BCUT2D eigenvalue weighted by Gasteiger charge is 2.31. The first-order chi connectivity index (χ1) is 12.4. The van der Waals surface area contributed by atoms with Crippen molar-refractivity contribution in [3.63, 3.8) is 0 Å². The van der Waals surface area contributed by atoms with Crippen LogP contribution in [0.25, 0.3) is 0 Å². The fraction of sp³-hybridized carbons (Fsp3) is 0.263. The minimum atomic E-state index is -4.48. The van der Waals surface area contributed by atoms with Crippen LogP contribution >= 0.6 is 0 Å². The van der Waals surface area contributed by atoms with E-state index in [1.54, 1.807) is 6.07 Å². The van der Waals surface area contributed by atoms with Crippen molar-refractivity contribution in [2.24, 2.45) is 4.99 Å². The van der Waals surface area contributed by atoms with Gasteiger partial charge in [0.25, 0.3) is 0 Å². The number of fused-ring (bicyclic) bond motifs is 2. The second-order valence-corrected chi connectivity index (χ2v) is 6.12. The lowest BCUT2D eigenvalue weighted by Gasteiger charge is -2.17. The van der Waals surface area contributed by atoms with Crippen LogP contribution in [0.15, 0.2) is 41.4 Å². The standard InChI is InChI=1S/C19H14F3NO3/c20-19(21,22)13-3-1-2-12(6-13)16(24)9-15-14-8-18-17(25-10-26-18)7-11(14)4-5-23-15/h1-3,6-8H,4-5,9-10H2. The molecule has 0 bridgehead atoms. The van der Waals surface area contributed by atoms with Crippen LogP contribution < -0.4 is 9.47 Å². The molecule has 26 heavy (non-hydrogen) atoms. The first-order valence-electron chi connectivity index (χ1n) is 8.08. The van der Waals surface area contributed by atoms with Crippen molar-refractivity contribution in [2.75, 3.05) is 13.3 Å². The third-order valence-corrected chi connectivity index (χ3v) is 4.43. The van der Waals surface area contributed by atoms with Gasteiger partial charge >= 0.3 is 6.18 Å². The van der Waals surface area contributed by atoms with Crippen molar-refractivity contribution in [1.29, 1.82) is 0 Å². The molecule has 0 unspecified atom stereocenters. The molecule has 2 aliphatic heterocycles. The van der Waals surface area contributed by atoms with Gasteiger partial charge in [-0.05, 0) is 36.2 Å². The molecule has 0 saturated heterocycles. The average molecular weight is 361 g/mol. The van der Waals surface area contributed by atoms with E-state index in [1.165, 1.54) is 12.1 Å². The van der Waals surface area contributed by atoms with E-state index in [-0.39, 0.29) is 18.8 Å². The Bertz CT molecular complexity index is 919. The highest BCUT2D eigenvalue weighted by atomic mass is 19.4. The third kappa shape index (κ3) is 3.05. The summed E-state index contributed by atoms with van der Waals surface area (Å²) in [5, 5.41) is 0. The Hall–Kier alpha value is -2.83. The zero-order valence-electron chi connectivity index (χ0n) is 13.6. The van der Waals surface area contributed by atoms with Crippen LogP contribution in [-0.2, 0) is 12.6 Å². The number of hydrogen-bond acceptors (Lipinski definition) is 4. The summed E-state index contributed by atoms with van der Waals surface area (Å²) in [6.45, 7) is 0.672. The molecule has 7 heteroatoms. The predicted octanol–water partition coefficient (Wildman–Crippen LogP) is 4.05. The number of benzene rings is 2. The Balaban J connectivity index is 1.61. The van der Waals surface area contributed by atoms with Crippen LogP contribution in [0.1, 0.15) is 33.5 Å². The summed E-state index contributed by atoms with van der Waals surface area (Å²) in [4.78, 5) is 16.9. The zero-order chi connectivity index (χ0) is 18.3. The van der Waals surface area contributed by atoms with Crippen LogP contribution in [0.3, 0.4) is 0 Å². The van der Waals surface area contributed by atoms with Crippen LogP contribution in [0.4, 0.5) is 13.2 Å². The Morgan fingerprint density at radius 2 is 1.88 bits per heavy atom. The Morgan fingerprint density at radius 1 is 1.12 bits per heavy atom. The molecule has 134 valence electrons. The number of carbonyl (C=O) groups excluding carboxylic acids is 1. The van der Waals surface area contributed by atoms with Gasteiger partial charge in [0.05, 0.1) is 17.7 Å². The highest BCUT2D eigenvalue weighted by Crippen LogP contribution is 2.37. The average Bonchev–Trinajstić information content (AvgIpc) is 3.07. The molecule has 2 aromatic rings. The number of carbonyl (C=O) groups is 1. The van der Waals surface area contributed by atoms with Gasteiger partial charge in [-0.3, -0.25) is 9.79 Å². The Labute approximate surface area is 147 Å². The van der Waals surface area contributed by atoms with Gasteiger partial charge in [-0.15, -0.1) is 0 Å². The van der Waals surface area contributed by atoms with Crippen molar-refractivity contribution in [1.82, 2.24) is 0 Å². The summed E-state index contributed by atoms with van der Waals surface area (Å²) in [6, 6.07) is 8.12. The van der Waals surface area contributed by atoms with Crippen molar-refractivity contribution < 1.29 is 27.4 Å². The molecule has 0 spiro atoms. The molecule has 0 radical (unpaired) electrons. The first-order valence-corrected chi connectivity index (χ1v) is 8.08. The maximum absolute atomic E-state index is 12.9. The third-order valence-electron chi connectivity index (χ3n) is 4.43. The number of alkyl halides is 3. The van der Waals surface area contributed by atoms with Crippen LogP contribution in [0.2, 0.25) is 0 Å². The molecule has 0 amide bonds. The van der Waals surface area contributed by atoms with Crippen molar-refractivity contribution >= 4 is 11.5 Å². The lowest BCUT2D eigenvalue weighted by atomic mass is 9.92. The fourth-order valence-corrected chi connectivity index (χ4v) is 3.13. The number of hydrogen-bond donors (Lipinski definition) is 0. The Kier molecular flexibility index (Phi) is 3.94. The van der Waals surface area contributed by atoms with E-state index < -0.39 is 17.5 Å². The number of halogens is 3. The normalized spacial score (nSPS) is 15.4. The molecule has 2 heterocycles. The van der Waals surface area contributed by atoms with Crippen LogP contribution in [0, 0.1) is 0 Å². The molecule has 0 N–H and O–H groups in total. The SMILES string of the molecule is O=C(CC1=NCCc2cc3c(cc21)OCO3)c1cccc(C(F)(F)F)c1. The highest BCUT2D eigenvalue weighted by molar-refractivity contribution is 6.16. The minimum absolute atomic E-state index is 0.0235. The van der Waals surface area contributed by atoms with Gasteiger partial charge in [0, 0.05) is 17.7 Å². The molecule has 4 rings (SSSR count). The Morgan fingerprint density at radius 3 is 2.65 bits per heavy atom. The summed E-state index contributed by atoms with van der Waals surface area (Å²) < 4.78 is 49.3. The van der Waals surface area contributed by atoms with E-state index in [1.807, 2.05) is 6.07 Å². The molecular formula is C19H14F3NO3. The van der Waals surface area contributed by atoms with Crippen molar-refractivity contribution in [2.45, 2.75) is 19.0 Å². The molecule has 2 aromatic carbocycles. The monoisotopic (exact) mass is 361 g/mol. The molecule has 0 saturated carbocycles. The second kappa shape index (κ2) is 6.16. The van der Waals surface area contributed by atoms with Gasteiger partial charge in [-0.25, -0.2) is 0 Å². The van der Waals surface area contributed by atoms with Gasteiger partial charge in [0.15, 0.2) is 17.3 Å². The lowest BCUT2D eigenvalue weighted by Crippen LogP contribution is -2.17. The number of aliphatic imine (C=N–C) groups is 1. The van der Waals surface area contributed by atoms with E-state index in [0.29, 0.717) is 30.2 Å². The second-order valence-electron chi connectivity index (χ2n) is 6.12. The molecular weight excluding hydrogens is 347 g/mol. The number of ether oxygens (including phenoxy) is 2. The van der Waals surface area contributed by atoms with Crippen LogP contribution in [-0.4, -0.2) is 24.8 Å². The van der Waals surface area contributed by atoms with Crippen molar-refractivity contribution in [3.05, 3.63) is 58.7 Å².